The molecule has 312 valence electrons. The average Bonchev–Trinajstić information content (AvgIpc) is 4.04. The molecule has 1 saturated heterocycles. The first-order valence-electron chi connectivity index (χ1n) is 18.7. The summed E-state index contributed by atoms with van der Waals surface area (Å²) in [6.45, 7) is 3.28. The third kappa shape index (κ3) is 7.27. The molecule has 1 unspecified atom stereocenters. The van der Waals surface area contributed by atoms with Gasteiger partial charge in [0.2, 0.25) is 11.2 Å². The highest BCUT2D eigenvalue weighted by molar-refractivity contribution is 9.10. The lowest BCUT2D eigenvalue weighted by Gasteiger charge is -2.42. The second-order valence-electron chi connectivity index (χ2n) is 14.4. The van der Waals surface area contributed by atoms with Crippen LogP contribution in [0.15, 0.2) is 80.2 Å². The molecule has 0 radical (unpaired) electrons. The molecule has 60 heavy (non-hydrogen) atoms. The fraction of sp³-hybridized carbons (Fsp3) is 0.300. The van der Waals surface area contributed by atoms with E-state index in [1.807, 2.05) is 24.0 Å². The number of carbonyl (C=O) groups is 2. The Morgan fingerprint density at radius 2 is 1.75 bits per heavy atom. The van der Waals surface area contributed by atoms with Crippen LogP contribution in [0.5, 0.6) is 17.4 Å². The minimum Gasteiger partial charge on any atom is -0.492 e. The van der Waals surface area contributed by atoms with Crippen LogP contribution in [0.25, 0.3) is 10.9 Å². The van der Waals surface area contributed by atoms with Gasteiger partial charge >= 0.3 is 5.97 Å². The zero-order chi connectivity index (χ0) is 42.6. The van der Waals surface area contributed by atoms with Crippen LogP contribution in [0.1, 0.15) is 41.7 Å². The molecule has 2 aliphatic heterocycles. The number of ether oxygens (including phenoxy) is 3. The molecule has 1 atom stereocenters. The van der Waals surface area contributed by atoms with Crippen LogP contribution in [0.3, 0.4) is 0 Å². The van der Waals surface area contributed by atoms with E-state index in [9.17, 15) is 27.9 Å². The molecule has 5 aromatic rings. The van der Waals surface area contributed by atoms with Crippen molar-refractivity contribution in [3.8, 4) is 17.4 Å². The lowest BCUT2D eigenvalue weighted by atomic mass is 10.1. The number of rotatable bonds is 12. The highest BCUT2D eigenvalue weighted by Gasteiger charge is 2.38. The van der Waals surface area contributed by atoms with Crippen LogP contribution in [0.2, 0.25) is 0 Å². The van der Waals surface area contributed by atoms with Gasteiger partial charge in [-0.15, -0.1) is 0 Å². The number of nitrogens with one attached hydrogen (secondary N) is 1. The van der Waals surface area contributed by atoms with Crippen molar-refractivity contribution >= 4 is 77.3 Å². The molecule has 0 spiro atoms. The molecule has 4 heterocycles. The smallest absolute Gasteiger partial charge is 0.341 e. The second-order valence-corrected chi connectivity index (χ2v) is 17.0. The van der Waals surface area contributed by atoms with Gasteiger partial charge in [-0.2, -0.15) is 4.98 Å². The molecule has 1 aliphatic carbocycles. The molecule has 3 aliphatic rings. The van der Waals surface area contributed by atoms with Crippen molar-refractivity contribution in [1.29, 1.82) is 0 Å². The van der Waals surface area contributed by atoms with Gasteiger partial charge in [-0.1, -0.05) is 15.9 Å². The van der Waals surface area contributed by atoms with E-state index >= 15 is 4.39 Å². The molecule has 1 amide bonds. The number of aromatic nitrogens is 3. The van der Waals surface area contributed by atoms with E-state index in [0.717, 1.165) is 29.7 Å². The van der Waals surface area contributed by atoms with Crippen LogP contribution in [-0.4, -0.2) is 104 Å². The van der Waals surface area contributed by atoms with Crippen molar-refractivity contribution in [1.82, 2.24) is 19.4 Å². The number of pyridine rings is 1. The number of benzene rings is 3. The fourth-order valence-electron chi connectivity index (χ4n) is 7.62. The Morgan fingerprint density at radius 1 is 1.02 bits per heavy atom. The number of hydrogen-bond donors (Lipinski definition) is 2. The number of aromatic carboxylic acids is 1. The highest BCUT2D eigenvalue weighted by atomic mass is 79.9. The Bertz CT molecular complexity index is 2780. The molecule has 8 rings (SSSR count). The Labute approximate surface area is 351 Å². The first-order chi connectivity index (χ1) is 28.7. The molecular weight excluding hydrogens is 867 g/mol. The van der Waals surface area contributed by atoms with E-state index in [4.69, 9.17) is 14.2 Å². The number of aliphatic imine (C=N–C) groups is 1. The van der Waals surface area contributed by atoms with Gasteiger partial charge in [0.25, 0.3) is 21.8 Å². The largest absolute Gasteiger partial charge is 0.492 e. The minimum atomic E-state index is -4.13. The van der Waals surface area contributed by atoms with Crippen LogP contribution in [-0.2, 0) is 14.8 Å². The number of fused-ring (bicyclic) bond motifs is 2. The summed E-state index contributed by atoms with van der Waals surface area (Å²) in [4.78, 5) is 57.4. The van der Waals surface area contributed by atoms with Crippen LogP contribution in [0, 0.1) is 5.82 Å². The van der Waals surface area contributed by atoms with E-state index in [1.165, 1.54) is 51.8 Å². The molecule has 2 fully saturated rings. The second kappa shape index (κ2) is 15.8. The highest BCUT2D eigenvalue weighted by Crippen LogP contribution is 2.44. The van der Waals surface area contributed by atoms with Crippen molar-refractivity contribution in [2.45, 2.75) is 36.7 Å². The Hall–Kier alpha value is -6.12. The van der Waals surface area contributed by atoms with Crippen molar-refractivity contribution in [2.75, 3.05) is 62.2 Å². The summed E-state index contributed by atoms with van der Waals surface area (Å²) < 4.78 is 63.7. The van der Waals surface area contributed by atoms with E-state index in [1.54, 1.807) is 15.5 Å². The van der Waals surface area contributed by atoms with Crippen LogP contribution < -0.4 is 34.2 Å². The SMILES string of the molecule is COc1ncnc(NS(=O)(=O)c2ccc(N=C3C(=O)N(CN4CCN(c5c(F)cc6c(=O)c(C(=O)O)cn(C7CC7)c6c5OC)CC4C)c4ccc(Br)cc43)cc2)c1OC. The maximum absolute atomic E-state index is 16.1. The Morgan fingerprint density at radius 3 is 2.40 bits per heavy atom. The summed E-state index contributed by atoms with van der Waals surface area (Å²) in [5, 5.41) is 9.65. The first-order valence-corrected chi connectivity index (χ1v) is 21.0. The molecule has 2 N–H and O–H groups in total. The number of carboxylic acid groups (broad SMARTS) is 1. The summed E-state index contributed by atoms with van der Waals surface area (Å²) >= 11 is 3.51. The third-order valence-corrected chi connectivity index (χ3v) is 12.6. The van der Waals surface area contributed by atoms with Crippen molar-refractivity contribution in [3.05, 3.63) is 92.7 Å². The van der Waals surface area contributed by atoms with E-state index in [2.05, 4.69) is 40.5 Å². The maximum atomic E-state index is 16.1. The predicted octanol–water partition coefficient (Wildman–Crippen LogP) is 5.19. The number of piperazine rings is 1. The van der Waals surface area contributed by atoms with Gasteiger partial charge in [0.15, 0.2) is 17.4 Å². The van der Waals surface area contributed by atoms with Gasteiger partial charge < -0.3 is 28.8 Å². The molecule has 17 nitrogen and oxygen atoms in total. The summed E-state index contributed by atoms with van der Waals surface area (Å²) in [6.07, 6.45) is 4.04. The van der Waals surface area contributed by atoms with Crippen LogP contribution in [0.4, 0.5) is 27.3 Å². The summed E-state index contributed by atoms with van der Waals surface area (Å²) in [5.74, 6) is -2.33. The number of amides is 1. The Balaban J connectivity index is 1.03. The van der Waals surface area contributed by atoms with Crippen molar-refractivity contribution < 1.29 is 41.7 Å². The summed E-state index contributed by atoms with van der Waals surface area (Å²) in [7, 11) is -0.0284. The lowest BCUT2D eigenvalue weighted by molar-refractivity contribution is -0.112. The van der Waals surface area contributed by atoms with Gasteiger partial charge in [0.05, 0.1) is 55.2 Å². The number of methoxy groups -OCH3 is 3. The standard InChI is InChI=1S/C40H38BrFN8O9S/c1-21-17-47(33-29(42)16-27-32(35(33)57-2)49(24-8-9-24)18-28(34(27)51)40(53)54)13-14-48(21)20-50-30-12-5-22(41)15-26(30)31(39(50)52)45-23-6-10-25(11-7-23)60(55,56)46-37-36(58-3)38(59-4)44-19-43-37/h5-7,10-12,15-16,18-19,21,24H,8-9,13-14,17,20H2,1-4H3,(H,53,54)(H,43,44,46). The van der Waals surface area contributed by atoms with Crippen LogP contribution >= 0.6 is 15.9 Å². The van der Waals surface area contributed by atoms with E-state index < -0.39 is 32.8 Å². The van der Waals surface area contributed by atoms with Crippen molar-refractivity contribution in [2.24, 2.45) is 4.99 Å². The molecule has 20 heteroatoms. The number of sulfonamides is 1. The molecule has 0 bridgehead atoms. The number of nitrogens with zero attached hydrogens (tertiary/aromatic N) is 7. The van der Waals surface area contributed by atoms with Gasteiger partial charge in [-0.3, -0.25) is 24.1 Å². The lowest BCUT2D eigenvalue weighted by Crippen LogP contribution is -2.55. The topological polar surface area (TPSA) is 198 Å². The number of halogens is 2. The summed E-state index contributed by atoms with van der Waals surface area (Å²) in [5.41, 5.74) is 1.06. The molecule has 3 aromatic carbocycles. The molecular formula is C40H38BrFN8O9S. The van der Waals surface area contributed by atoms with Crippen molar-refractivity contribution in [3.63, 3.8) is 0 Å². The minimum absolute atomic E-state index is 0.0105. The number of carboxylic acids is 1. The summed E-state index contributed by atoms with van der Waals surface area (Å²) in [6, 6.07) is 12.0. The first kappa shape index (κ1) is 40.7. The molecule has 1 saturated carbocycles. The quantitative estimate of drug-likeness (QED) is 0.166. The van der Waals surface area contributed by atoms with Gasteiger partial charge in [0.1, 0.15) is 23.3 Å². The average molecular weight is 906 g/mol. The molecule has 2 aromatic heterocycles. The fourth-order valence-corrected chi connectivity index (χ4v) is 9.00. The third-order valence-electron chi connectivity index (χ3n) is 10.7. The zero-order valence-electron chi connectivity index (χ0n) is 32.7. The number of carbonyl (C=O) groups excluding carboxylic acids is 1. The normalized spacial score (nSPS) is 17.6. The van der Waals surface area contributed by atoms with E-state index in [-0.39, 0.29) is 69.5 Å². The van der Waals surface area contributed by atoms with E-state index in [0.29, 0.717) is 42.1 Å². The van der Waals surface area contributed by atoms with Gasteiger partial charge in [0, 0.05) is 48.0 Å². The Kier molecular flexibility index (Phi) is 10.7. The predicted molar refractivity (Wildman–Crippen MR) is 223 cm³/mol. The number of hydrogen-bond acceptors (Lipinski definition) is 13. The number of anilines is 3. The zero-order valence-corrected chi connectivity index (χ0v) is 35.1. The van der Waals surface area contributed by atoms with Gasteiger partial charge in [-0.05, 0) is 68.3 Å². The van der Waals surface area contributed by atoms with Gasteiger partial charge in [-0.25, -0.2) is 27.6 Å². The monoisotopic (exact) mass is 904 g/mol. The maximum Gasteiger partial charge on any atom is 0.341 e.